The summed E-state index contributed by atoms with van der Waals surface area (Å²) in [5.41, 5.74) is -3.07. The molecular weight excluding hydrogens is 1710 g/mol. The second-order valence-electron chi connectivity index (χ2n) is 53.4. The molecule has 0 heterocycles. The van der Waals surface area contributed by atoms with E-state index < -0.39 is 0 Å². The first kappa shape index (κ1) is 133. The normalized spacial score (nSPS) is 36.8. The first-order chi connectivity index (χ1) is 58.9. The minimum Gasteiger partial charge on any atom is -0.459 e. The number of carbonyl (C=O) groups is 6. The van der Waals surface area contributed by atoms with E-state index in [0.29, 0.717) is 47.3 Å². The first-order valence-electron chi connectivity index (χ1n) is 54.3. The Hall–Kier alpha value is -3.18. The summed E-state index contributed by atoms with van der Waals surface area (Å²) < 4.78 is 37.4. The lowest BCUT2D eigenvalue weighted by atomic mass is 9.48. The van der Waals surface area contributed by atoms with Crippen molar-refractivity contribution >= 4 is 35.8 Å². The van der Waals surface area contributed by atoms with Gasteiger partial charge in [-0.05, 0) is 524 Å². The maximum absolute atomic E-state index is 12.9. The van der Waals surface area contributed by atoms with Crippen molar-refractivity contribution in [2.45, 2.75) is 586 Å². The Balaban J connectivity index is 0.000000815. The Morgan fingerprint density at radius 3 is 0.812 bits per heavy atom. The SMILES string of the molecule is C.C.C.C.C.C.C.C.C.C.C.C.CCC(C)(C)C(=O)OC(C)(C)C12CC3CC(CC1C3)C2.CCC(C)(C)C(=O)OC(C)(C)C1C2CC3CC(C2)CC1C3.CCC(C)(C)C(=O)OC1(C)C2CC3CC(C2)CC1C3.CCC(C)(C)C(=O)OC1(CC)C2CC3CC(C2)CC1C3.CCCCC(C)(OC(=O)C(C)(C)CC)C1C2CC3CC(C2)CC1C3.CCCCC1(OC(=O)C(C)(C)CC)C2CC3CC(C2)CC1C3. The predicted octanol–water partition coefficient (Wildman–Crippen LogP) is 37.1. The molecule has 24 aliphatic carbocycles. The van der Waals surface area contributed by atoms with Crippen molar-refractivity contribution in [3.05, 3.63) is 0 Å². The van der Waals surface area contributed by atoms with Crippen molar-refractivity contribution < 1.29 is 57.2 Å². The molecule has 0 saturated heterocycles. The summed E-state index contributed by atoms with van der Waals surface area (Å²) in [4.78, 5) is 75.9. The fraction of sp³-hybridized carbons (Fsp3) is 0.952. The average Bonchev–Trinajstić information content (AvgIpc) is 1.38. The zero-order valence-electron chi connectivity index (χ0n) is 86.2. The van der Waals surface area contributed by atoms with E-state index in [1.165, 1.54) is 218 Å². The van der Waals surface area contributed by atoms with Gasteiger partial charge in [0.15, 0.2) is 0 Å². The number of unbranched alkanes of at least 4 members (excludes halogenated alkanes) is 2. The highest BCUT2D eigenvalue weighted by Crippen LogP contribution is 2.71. The second kappa shape index (κ2) is 50.2. The van der Waals surface area contributed by atoms with Gasteiger partial charge in [-0.2, -0.15) is 0 Å². The van der Waals surface area contributed by atoms with Crippen LogP contribution in [0.5, 0.6) is 0 Å². The monoisotopic (exact) mass is 1950 g/mol. The summed E-state index contributed by atoms with van der Waals surface area (Å²) >= 11 is 0. The first-order valence-corrected chi connectivity index (χ1v) is 54.3. The third-order valence-corrected chi connectivity index (χ3v) is 42.0. The van der Waals surface area contributed by atoms with E-state index >= 15 is 0 Å². The molecular formula is C126H240O12. The van der Waals surface area contributed by atoms with Crippen LogP contribution in [0.3, 0.4) is 0 Å². The molecule has 0 N–H and O–H groups in total. The molecule has 24 aliphatic rings. The fourth-order valence-electron chi connectivity index (χ4n) is 32.8. The summed E-state index contributed by atoms with van der Waals surface area (Å²) in [6.45, 7) is 56.6. The topological polar surface area (TPSA) is 158 Å². The molecule has 0 amide bonds. The summed E-state index contributed by atoms with van der Waals surface area (Å²) in [6.07, 6.45) is 53.8. The second-order valence-corrected chi connectivity index (χ2v) is 53.4. The van der Waals surface area contributed by atoms with Crippen LogP contribution in [0.25, 0.3) is 0 Å². The third kappa shape index (κ3) is 26.6. The van der Waals surface area contributed by atoms with Gasteiger partial charge in [0.05, 0.1) is 32.5 Å². The maximum atomic E-state index is 12.9. The Labute approximate surface area is 859 Å². The van der Waals surface area contributed by atoms with E-state index in [0.717, 1.165) is 158 Å². The number of hydrogen-bond acceptors (Lipinski definition) is 12. The Morgan fingerprint density at radius 2 is 0.507 bits per heavy atom. The number of hydrogen-bond donors (Lipinski definition) is 0. The lowest BCUT2D eigenvalue weighted by Crippen LogP contribution is -2.60. The molecule has 0 aromatic rings. The third-order valence-electron chi connectivity index (χ3n) is 42.0. The van der Waals surface area contributed by atoms with Crippen LogP contribution in [0.1, 0.15) is 552 Å². The van der Waals surface area contributed by atoms with Crippen LogP contribution in [0, 0.1) is 186 Å². The number of ether oxygens (including phenoxy) is 6. The molecule has 12 heteroatoms. The average molecular weight is 1950 g/mol. The van der Waals surface area contributed by atoms with Crippen LogP contribution in [-0.4, -0.2) is 69.4 Å². The van der Waals surface area contributed by atoms with E-state index in [9.17, 15) is 28.8 Å². The smallest absolute Gasteiger partial charge is 0.312 e. The summed E-state index contributed by atoms with van der Waals surface area (Å²) in [5.74, 6) is 20.4. The summed E-state index contributed by atoms with van der Waals surface area (Å²) in [5, 5.41) is 0. The van der Waals surface area contributed by atoms with Crippen LogP contribution in [0.2, 0.25) is 0 Å². The van der Waals surface area contributed by atoms with E-state index in [1.54, 1.807) is 0 Å². The highest BCUT2D eigenvalue weighted by Gasteiger charge is 2.67. The largest absolute Gasteiger partial charge is 0.459 e. The quantitative estimate of drug-likeness (QED) is 0.0540. The molecule has 0 spiro atoms. The van der Waals surface area contributed by atoms with Gasteiger partial charge in [0.2, 0.25) is 0 Å². The van der Waals surface area contributed by atoms with Gasteiger partial charge >= 0.3 is 35.8 Å². The Bertz CT molecular complexity index is 3590. The fourth-order valence-corrected chi connectivity index (χ4v) is 32.8. The molecule has 0 aromatic carbocycles. The van der Waals surface area contributed by atoms with Gasteiger partial charge in [0.1, 0.15) is 33.6 Å². The van der Waals surface area contributed by atoms with Crippen LogP contribution in [-0.2, 0) is 57.2 Å². The zero-order valence-corrected chi connectivity index (χ0v) is 86.2. The van der Waals surface area contributed by atoms with E-state index in [1.807, 2.05) is 83.1 Å². The summed E-state index contributed by atoms with van der Waals surface area (Å²) in [6, 6.07) is 0. The maximum Gasteiger partial charge on any atom is 0.312 e. The van der Waals surface area contributed by atoms with Crippen LogP contribution in [0.4, 0.5) is 0 Å². The standard InChI is InChI=1S/C22H38O2.C20H34O2.C19H32O2.2C18H30O2.C17H28O2.12CH4/c1-6-8-9-22(5,24-20(23)21(3,4)7-2)19-17-11-15-10-16(13-17)14-18(19)12-15;1-5-7-8-20(22-18(21)19(3,4)6-2)16-10-14-9-15(12-16)13-17(20)11-14;1-6-18(2,3)17(20)21-19(4,5)16-14-8-12-7-13(10-14)11-15(16)9-12;1-6-16(2,3)15(19)20-17(4,5)18-10-12-7-13(11-18)9-14(18)8-12;1-5-17(3,4)16(19)20-18(6-2)14-8-12-7-13(10-14)11-15(18)9-12;1-5-16(2,3)15(18)19-17(4)13-7-11-6-12(9-13)10-14(17)8-11;;;;;;;;;;;;/h15-19H,6-14H2,1-5H3;14-17H,5-13H2,1-4H3;12-16H,6-11H2,1-5H3;12-14H,6-11H2,1-5H3;12-15H,5-11H2,1-4H3;11-14H,5-10H2,1-4H3;12*1H4. The van der Waals surface area contributed by atoms with Crippen molar-refractivity contribution in [1.82, 2.24) is 0 Å². The molecule has 24 saturated carbocycles. The Morgan fingerprint density at radius 1 is 0.261 bits per heavy atom. The van der Waals surface area contributed by atoms with Gasteiger partial charge in [0.25, 0.3) is 0 Å². The number of esters is 6. The van der Waals surface area contributed by atoms with Gasteiger partial charge in [-0.25, -0.2) is 0 Å². The molecule has 0 aliphatic heterocycles. The molecule has 138 heavy (non-hydrogen) atoms. The van der Waals surface area contributed by atoms with Gasteiger partial charge in [-0.1, -0.05) is 164 Å². The molecule has 24 fully saturated rings. The summed E-state index contributed by atoms with van der Waals surface area (Å²) in [7, 11) is 0. The van der Waals surface area contributed by atoms with Crippen molar-refractivity contribution in [2.75, 3.05) is 0 Å². The van der Waals surface area contributed by atoms with E-state index in [2.05, 4.69) is 104 Å². The number of carbonyl (C=O) groups excluding carboxylic acids is 6. The molecule has 12 nitrogen and oxygen atoms in total. The number of rotatable bonds is 28. The Kier molecular flexibility index (Phi) is 48.3. The molecule has 816 valence electrons. The predicted molar refractivity (Wildman–Crippen MR) is 590 cm³/mol. The minimum atomic E-state index is -0.362. The van der Waals surface area contributed by atoms with Gasteiger partial charge in [0, 0.05) is 17.3 Å². The van der Waals surface area contributed by atoms with Crippen LogP contribution in [0.15, 0.2) is 0 Å². The van der Waals surface area contributed by atoms with E-state index in [-0.39, 0.29) is 196 Å². The molecule has 24 rings (SSSR count). The molecule has 3 unspecified atom stereocenters. The molecule has 0 radical (unpaired) electrons. The molecule has 3 atom stereocenters. The lowest BCUT2D eigenvalue weighted by molar-refractivity contribution is -0.220. The van der Waals surface area contributed by atoms with Crippen molar-refractivity contribution in [1.29, 1.82) is 0 Å². The van der Waals surface area contributed by atoms with Crippen molar-refractivity contribution in [3.63, 3.8) is 0 Å². The van der Waals surface area contributed by atoms with Crippen LogP contribution < -0.4 is 0 Å². The minimum absolute atomic E-state index is 0. The van der Waals surface area contributed by atoms with Gasteiger partial charge in [-0.3, -0.25) is 28.8 Å². The highest BCUT2D eigenvalue weighted by atomic mass is 16.6. The molecule has 0 aromatic heterocycles. The van der Waals surface area contributed by atoms with E-state index in [4.69, 9.17) is 28.4 Å². The van der Waals surface area contributed by atoms with Crippen molar-refractivity contribution in [3.8, 4) is 0 Å². The molecule has 24 bridgehead atoms. The van der Waals surface area contributed by atoms with Crippen LogP contribution >= 0.6 is 0 Å². The van der Waals surface area contributed by atoms with Crippen molar-refractivity contribution in [2.24, 2.45) is 186 Å². The van der Waals surface area contributed by atoms with Gasteiger partial charge < -0.3 is 28.4 Å². The highest BCUT2D eigenvalue weighted by molar-refractivity contribution is 5.79. The van der Waals surface area contributed by atoms with Gasteiger partial charge in [-0.15, -0.1) is 0 Å². The zero-order chi connectivity index (χ0) is 92.0. The lowest BCUT2D eigenvalue weighted by Gasteiger charge is -2.60.